The number of methoxy groups -OCH3 is 1. The van der Waals surface area contributed by atoms with Crippen molar-refractivity contribution in [3.8, 4) is 11.5 Å². The molecular formula is C23H30N2O3. The van der Waals surface area contributed by atoms with Gasteiger partial charge in [-0.1, -0.05) is 36.8 Å². The van der Waals surface area contributed by atoms with Crippen LogP contribution in [-0.4, -0.2) is 37.1 Å². The summed E-state index contributed by atoms with van der Waals surface area (Å²) in [6.07, 6.45) is 3.39. The van der Waals surface area contributed by atoms with Gasteiger partial charge in [-0.25, -0.2) is 0 Å². The predicted molar refractivity (Wildman–Crippen MR) is 111 cm³/mol. The van der Waals surface area contributed by atoms with Crippen LogP contribution in [0.5, 0.6) is 11.5 Å². The van der Waals surface area contributed by atoms with Gasteiger partial charge >= 0.3 is 0 Å². The number of ether oxygens (including phenoxy) is 2. The number of nitrogens with one attached hydrogen (secondary N) is 1. The lowest BCUT2D eigenvalue weighted by Gasteiger charge is -2.26. The van der Waals surface area contributed by atoms with E-state index in [-0.39, 0.29) is 5.91 Å². The van der Waals surface area contributed by atoms with E-state index in [4.69, 9.17) is 9.47 Å². The first-order valence-electron chi connectivity index (χ1n) is 10.0. The lowest BCUT2D eigenvalue weighted by molar-refractivity contribution is -0.127. The summed E-state index contributed by atoms with van der Waals surface area (Å²) in [7, 11) is 1.60. The predicted octanol–water partition coefficient (Wildman–Crippen LogP) is 3.76. The van der Waals surface area contributed by atoms with Crippen molar-refractivity contribution < 1.29 is 14.3 Å². The maximum Gasteiger partial charge on any atom is 0.261 e. The van der Waals surface area contributed by atoms with E-state index in [1.807, 2.05) is 18.2 Å². The van der Waals surface area contributed by atoms with Crippen LogP contribution in [0.25, 0.3) is 0 Å². The van der Waals surface area contributed by atoms with Crippen LogP contribution < -0.4 is 14.8 Å². The second-order valence-corrected chi connectivity index (χ2v) is 7.31. The number of benzene rings is 2. The zero-order chi connectivity index (χ0) is 19.8. The zero-order valence-electron chi connectivity index (χ0n) is 16.8. The topological polar surface area (TPSA) is 50.8 Å². The highest BCUT2D eigenvalue weighted by Gasteiger charge is 2.15. The molecule has 0 unspecified atom stereocenters. The molecule has 1 aliphatic heterocycles. The molecule has 1 saturated heterocycles. The molecule has 2 aromatic rings. The van der Waals surface area contributed by atoms with Crippen LogP contribution in [0.1, 0.15) is 37.3 Å². The van der Waals surface area contributed by atoms with Gasteiger partial charge in [0.05, 0.1) is 7.11 Å². The van der Waals surface area contributed by atoms with Crippen molar-refractivity contribution in [1.29, 1.82) is 0 Å². The number of likely N-dealkylation sites (tertiary alicyclic amines) is 1. The smallest absolute Gasteiger partial charge is 0.261 e. The number of carbonyl (C=O) groups is 1. The fraction of sp³-hybridized carbons (Fsp3) is 0.435. The number of rotatable bonds is 8. The molecule has 1 aliphatic rings. The molecule has 1 fully saturated rings. The van der Waals surface area contributed by atoms with Gasteiger partial charge in [0.15, 0.2) is 6.10 Å². The first kappa shape index (κ1) is 20.2. The largest absolute Gasteiger partial charge is 0.497 e. The molecule has 0 aromatic heterocycles. The Morgan fingerprint density at radius 2 is 1.71 bits per heavy atom. The molecule has 1 atom stereocenters. The Morgan fingerprint density at radius 3 is 2.43 bits per heavy atom. The van der Waals surface area contributed by atoms with Crippen LogP contribution in [0.2, 0.25) is 0 Å². The molecule has 1 N–H and O–H groups in total. The molecule has 0 aliphatic carbocycles. The summed E-state index contributed by atoms with van der Waals surface area (Å²) < 4.78 is 10.9. The number of piperidine rings is 1. The van der Waals surface area contributed by atoms with Gasteiger partial charge in [-0.15, -0.1) is 0 Å². The normalized spacial score (nSPS) is 15.6. The molecule has 3 rings (SSSR count). The van der Waals surface area contributed by atoms with E-state index >= 15 is 0 Å². The molecule has 0 saturated carbocycles. The summed E-state index contributed by atoms with van der Waals surface area (Å²) >= 11 is 0. The molecule has 0 spiro atoms. The van der Waals surface area contributed by atoms with Crippen LogP contribution in [-0.2, 0) is 17.9 Å². The van der Waals surface area contributed by atoms with Crippen molar-refractivity contribution in [2.45, 2.75) is 45.4 Å². The Hall–Kier alpha value is -2.53. The number of amides is 1. The highest BCUT2D eigenvalue weighted by Crippen LogP contribution is 2.20. The van der Waals surface area contributed by atoms with Crippen LogP contribution in [0.3, 0.4) is 0 Å². The number of nitrogens with zero attached hydrogens (tertiary/aromatic N) is 1. The Labute approximate surface area is 167 Å². The summed E-state index contributed by atoms with van der Waals surface area (Å²) in [5.41, 5.74) is 2.41. The van der Waals surface area contributed by atoms with Crippen molar-refractivity contribution in [2.24, 2.45) is 0 Å². The molecule has 150 valence electrons. The molecular weight excluding hydrogens is 352 g/mol. The summed E-state index contributed by atoms with van der Waals surface area (Å²) in [6.45, 7) is 5.65. The summed E-state index contributed by atoms with van der Waals surface area (Å²) in [4.78, 5) is 14.8. The first-order chi connectivity index (χ1) is 13.6. The van der Waals surface area contributed by atoms with E-state index in [2.05, 4.69) is 34.5 Å². The molecule has 1 heterocycles. The van der Waals surface area contributed by atoms with Crippen molar-refractivity contribution in [2.75, 3.05) is 20.2 Å². The third-order valence-electron chi connectivity index (χ3n) is 5.07. The fourth-order valence-corrected chi connectivity index (χ4v) is 3.40. The molecule has 5 nitrogen and oxygen atoms in total. The van der Waals surface area contributed by atoms with Gasteiger partial charge in [-0.3, -0.25) is 9.69 Å². The molecule has 0 radical (unpaired) electrons. The van der Waals surface area contributed by atoms with Crippen LogP contribution in [0.15, 0.2) is 48.5 Å². The Kier molecular flexibility index (Phi) is 7.31. The zero-order valence-corrected chi connectivity index (χ0v) is 16.8. The Morgan fingerprint density at radius 1 is 1.04 bits per heavy atom. The average molecular weight is 383 g/mol. The minimum Gasteiger partial charge on any atom is -0.497 e. The van der Waals surface area contributed by atoms with Crippen molar-refractivity contribution >= 4 is 5.91 Å². The molecule has 5 heteroatoms. The third kappa shape index (κ3) is 5.99. The lowest BCUT2D eigenvalue weighted by atomic mass is 10.1. The Balaban J connectivity index is 1.45. The molecule has 1 amide bonds. The summed E-state index contributed by atoms with van der Waals surface area (Å²) in [5.74, 6) is 1.18. The molecule has 0 bridgehead atoms. The van der Waals surface area contributed by atoms with Gasteiger partial charge < -0.3 is 14.8 Å². The third-order valence-corrected chi connectivity index (χ3v) is 5.07. The number of carbonyl (C=O) groups excluding carboxylic acids is 1. The van der Waals surface area contributed by atoms with Gasteiger partial charge in [-0.05, 0) is 56.1 Å². The van der Waals surface area contributed by atoms with Crippen molar-refractivity contribution in [1.82, 2.24) is 10.2 Å². The molecule has 2 aromatic carbocycles. The Bertz CT molecular complexity index is 755. The van der Waals surface area contributed by atoms with Gasteiger partial charge in [0, 0.05) is 19.2 Å². The second-order valence-electron chi connectivity index (χ2n) is 7.31. The van der Waals surface area contributed by atoms with E-state index in [0.717, 1.165) is 12.1 Å². The van der Waals surface area contributed by atoms with E-state index in [0.29, 0.717) is 18.0 Å². The highest BCUT2D eigenvalue weighted by atomic mass is 16.5. The van der Waals surface area contributed by atoms with Gasteiger partial charge in [-0.2, -0.15) is 0 Å². The van der Waals surface area contributed by atoms with Gasteiger partial charge in [0.1, 0.15) is 11.5 Å². The van der Waals surface area contributed by atoms with E-state index < -0.39 is 6.10 Å². The second kappa shape index (κ2) is 10.1. The van der Waals surface area contributed by atoms with Gasteiger partial charge in [0.25, 0.3) is 5.91 Å². The van der Waals surface area contributed by atoms with Crippen molar-refractivity contribution in [3.05, 3.63) is 59.7 Å². The standard InChI is InChI=1S/C23H30N2O3/c1-18(28-22-8-6-7-21(15-22)27-2)23(26)24-16-19-9-11-20(12-10-19)17-25-13-4-3-5-14-25/h6-12,15,18H,3-5,13-14,16-17H2,1-2H3,(H,24,26)/t18-/m1/s1. The van der Waals surface area contributed by atoms with E-state index in [1.165, 1.54) is 37.9 Å². The van der Waals surface area contributed by atoms with E-state index in [9.17, 15) is 4.79 Å². The maximum atomic E-state index is 12.3. The first-order valence-corrected chi connectivity index (χ1v) is 10.0. The number of hydrogen-bond donors (Lipinski definition) is 1. The summed E-state index contributed by atoms with van der Waals surface area (Å²) in [5, 5.41) is 2.94. The maximum absolute atomic E-state index is 12.3. The van der Waals surface area contributed by atoms with Crippen molar-refractivity contribution in [3.63, 3.8) is 0 Å². The highest BCUT2D eigenvalue weighted by molar-refractivity contribution is 5.80. The minimum atomic E-state index is -0.578. The number of hydrogen-bond acceptors (Lipinski definition) is 4. The van der Waals surface area contributed by atoms with Crippen LogP contribution in [0, 0.1) is 0 Å². The van der Waals surface area contributed by atoms with Gasteiger partial charge in [0.2, 0.25) is 0 Å². The van der Waals surface area contributed by atoms with Crippen LogP contribution >= 0.6 is 0 Å². The average Bonchev–Trinajstić information content (AvgIpc) is 2.74. The summed E-state index contributed by atoms with van der Waals surface area (Å²) in [6, 6.07) is 15.8. The minimum absolute atomic E-state index is 0.139. The lowest BCUT2D eigenvalue weighted by Crippen LogP contribution is -2.35. The molecule has 28 heavy (non-hydrogen) atoms. The monoisotopic (exact) mass is 382 g/mol. The quantitative estimate of drug-likeness (QED) is 0.755. The SMILES string of the molecule is COc1cccc(O[C@H](C)C(=O)NCc2ccc(CN3CCCCC3)cc2)c1. The van der Waals surface area contributed by atoms with Crippen LogP contribution in [0.4, 0.5) is 0 Å². The fourth-order valence-electron chi connectivity index (χ4n) is 3.40. The van der Waals surface area contributed by atoms with E-state index in [1.54, 1.807) is 20.1 Å².